The van der Waals surface area contributed by atoms with Gasteiger partial charge in [-0.3, -0.25) is 0 Å². The molecular formula is C13H20BrNO. The molecule has 0 amide bonds. The lowest BCUT2D eigenvalue weighted by atomic mass is 10.1. The topological polar surface area (TPSA) is 21.3 Å². The van der Waals surface area contributed by atoms with E-state index in [1.54, 1.807) is 0 Å². The lowest BCUT2D eigenvalue weighted by molar-refractivity contribution is 0.0870. The monoisotopic (exact) mass is 285 g/mol. The van der Waals surface area contributed by atoms with E-state index in [9.17, 15) is 0 Å². The first kappa shape index (κ1) is 13.5. The Morgan fingerprint density at radius 2 is 1.81 bits per heavy atom. The van der Waals surface area contributed by atoms with Crippen LogP contribution in [0.3, 0.4) is 0 Å². The van der Waals surface area contributed by atoms with E-state index in [0.717, 1.165) is 17.6 Å². The first-order chi connectivity index (χ1) is 7.50. The molecule has 90 valence electrons. The van der Waals surface area contributed by atoms with Crippen molar-refractivity contribution in [3.63, 3.8) is 0 Å². The Hall–Kier alpha value is -0.540. The molecular weight excluding hydrogens is 266 g/mol. The van der Waals surface area contributed by atoms with Gasteiger partial charge in [0.05, 0.1) is 12.7 Å². The fourth-order valence-electron chi connectivity index (χ4n) is 1.66. The molecule has 2 nitrogen and oxygen atoms in total. The summed E-state index contributed by atoms with van der Waals surface area (Å²) in [4.78, 5) is 0. The molecule has 0 radical (unpaired) electrons. The smallest absolute Gasteiger partial charge is 0.0642 e. The molecule has 0 aliphatic heterocycles. The Bertz CT molecular complexity index is 327. The molecule has 0 aromatic heterocycles. The first-order valence-corrected chi connectivity index (χ1v) is 6.42. The van der Waals surface area contributed by atoms with E-state index in [1.165, 1.54) is 16.8 Å². The highest BCUT2D eigenvalue weighted by atomic mass is 79.9. The predicted molar refractivity (Wildman–Crippen MR) is 73.2 cm³/mol. The van der Waals surface area contributed by atoms with Crippen molar-refractivity contribution in [2.75, 3.05) is 18.5 Å². The Morgan fingerprint density at radius 3 is 2.31 bits per heavy atom. The minimum Gasteiger partial charge on any atom is -0.382 e. The normalized spacial score (nSPS) is 10.9. The van der Waals surface area contributed by atoms with Crippen molar-refractivity contribution in [3.8, 4) is 0 Å². The third kappa shape index (κ3) is 4.14. The van der Waals surface area contributed by atoms with Gasteiger partial charge in [-0.15, -0.1) is 0 Å². The standard InChI is InChI=1S/C13H20BrNO/c1-9(2)16-6-5-15-13-10(3)7-12(14)8-11(13)4/h7-9,15H,5-6H2,1-4H3. The van der Waals surface area contributed by atoms with Gasteiger partial charge in [0.15, 0.2) is 0 Å². The fourth-order valence-corrected chi connectivity index (χ4v) is 2.35. The molecule has 0 aliphatic carbocycles. The minimum atomic E-state index is 0.300. The second-order valence-corrected chi connectivity index (χ2v) is 5.18. The zero-order valence-electron chi connectivity index (χ0n) is 10.4. The van der Waals surface area contributed by atoms with E-state index in [4.69, 9.17) is 4.74 Å². The largest absolute Gasteiger partial charge is 0.382 e. The van der Waals surface area contributed by atoms with Gasteiger partial charge in [-0.25, -0.2) is 0 Å². The number of nitrogens with one attached hydrogen (secondary N) is 1. The van der Waals surface area contributed by atoms with Crippen molar-refractivity contribution in [2.45, 2.75) is 33.8 Å². The van der Waals surface area contributed by atoms with Gasteiger partial charge in [-0.2, -0.15) is 0 Å². The molecule has 0 fully saturated rings. The maximum absolute atomic E-state index is 5.50. The van der Waals surface area contributed by atoms with Crippen molar-refractivity contribution < 1.29 is 4.74 Å². The van der Waals surface area contributed by atoms with E-state index in [2.05, 4.69) is 61.1 Å². The molecule has 0 aliphatic rings. The van der Waals surface area contributed by atoms with Crippen LogP contribution in [0, 0.1) is 13.8 Å². The van der Waals surface area contributed by atoms with Crippen LogP contribution in [0.4, 0.5) is 5.69 Å². The average molecular weight is 286 g/mol. The second kappa shape index (κ2) is 6.26. The summed E-state index contributed by atoms with van der Waals surface area (Å²) in [6.07, 6.45) is 0.300. The highest BCUT2D eigenvalue weighted by molar-refractivity contribution is 9.10. The molecule has 0 heterocycles. The van der Waals surface area contributed by atoms with Crippen LogP contribution in [-0.4, -0.2) is 19.3 Å². The molecule has 3 heteroatoms. The molecule has 16 heavy (non-hydrogen) atoms. The number of aryl methyl sites for hydroxylation is 2. The fraction of sp³-hybridized carbons (Fsp3) is 0.538. The molecule has 0 bridgehead atoms. The average Bonchev–Trinajstić information content (AvgIpc) is 2.14. The maximum Gasteiger partial charge on any atom is 0.0642 e. The molecule has 0 unspecified atom stereocenters. The molecule has 0 saturated heterocycles. The summed E-state index contributed by atoms with van der Waals surface area (Å²) in [5.74, 6) is 0. The van der Waals surface area contributed by atoms with E-state index in [1.807, 2.05) is 0 Å². The number of benzene rings is 1. The highest BCUT2D eigenvalue weighted by Gasteiger charge is 2.03. The van der Waals surface area contributed by atoms with Crippen LogP contribution in [0.15, 0.2) is 16.6 Å². The number of halogens is 1. The molecule has 1 N–H and O–H groups in total. The maximum atomic E-state index is 5.50. The van der Waals surface area contributed by atoms with Gasteiger partial charge in [0.25, 0.3) is 0 Å². The van der Waals surface area contributed by atoms with E-state index >= 15 is 0 Å². The Balaban J connectivity index is 2.54. The van der Waals surface area contributed by atoms with Crippen LogP contribution in [0.25, 0.3) is 0 Å². The zero-order valence-corrected chi connectivity index (χ0v) is 12.0. The van der Waals surface area contributed by atoms with Crippen LogP contribution in [-0.2, 0) is 4.74 Å². The van der Waals surface area contributed by atoms with Gasteiger partial charge in [0.2, 0.25) is 0 Å². The molecule has 0 spiro atoms. The van der Waals surface area contributed by atoms with Crippen molar-refractivity contribution in [1.29, 1.82) is 0 Å². The molecule has 0 saturated carbocycles. The molecule has 1 aromatic carbocycles. The van der Waals surface area contributed by atoms with Crippen LogP contribution < -0.4 is 5.32 Å². The number of rotatable bonds is 5. The first-order valence-electron chi connectivity index (χ1n) is 5.63. The van der Waals surface area contributed by atoms with Gasteiger partial charge < -0.3 is 10.1 Å². The van der Waals surface area contributed by atoms with Crippen molar-refractivity contribution >= 4 is 21.6 Å². The Morgan fingerprint density at radius 1 is 1.25 bits per heavy atom. The van der Waals surface area contributed by atoms with Crippen molar-refractivity contribution in [3.05, 3.63) is 27.7 Å². The van der Waals surface area contributed by atoms with Crippen LogP contribution in [0.1, 0.15) is 25.0 Å². The number of anilines is 1. The molecule has 0 atom stereocenters. The van der Waals surface area contributed by atoms with Gasteiger partial charge >= 0.3 is 0 Å². The summed E-state index contributed by atoms with van der Waals surface area (Å²) in [5, 5.41) is 3.42. The van der Waals surface area contributed by atoms with Crippen LogP contribution in [0.5, 0.6) is 0 Å². The SMILES string of the molecule is Cc1cc(Br)cc(C)c1NCCOC(C)C. The summed E-state index contributed by atoms with van der Waals surface area (Å²) < 4.78 is 6.63. The lowest BCUT2D eigenvalue weighted by Gasteiger charge is -2.14. The van der Waals surface area contributed by atoms with Crippen LogP contribution >= 0.6 is 15.9 Å². The zero-order chi connectivity index (χ0) is 12.1. The summed E-state index contributed by atoms with van der Waals surface area (Å²) in [5.41, 5.74) is 3.74. The van der Waals surface area contributed by atoms with E-state index in [0.29, 0.717) is 6.10 Å². The van der Waals surface area contributed by atoms with Crippen molar-refractivity contribution in [2.24, 2.45) is 0 Å². The lowest BCUT2D eigenvalue weighted by Crippen LogP contribution is -2.14. The van der Waals surface area contributed by atoms with E-state index < -0.39 is 0 Å². The Labute approximate surface area is 107 Å². The van der Waals surface area contributed by atoms with Gasteiger partial charge in [-0.1, -0.05) is 15.9 Å². The number of hydrogen-bond acceptors (Lipinski definition) is 2. The van der Waals surface area contributed by atoms with Gasteiger partial charge in [0, 0.05) is 16.7 Å². The summed E-state index contributed by atoms with van der Waals surface area (Å²) in [6.45, 7) is 9.92. The number of hydrogen-bond donors (Lipinski definition) is 1. The number of ether oxygens (including phenoxy) is 1. The van der Waals surface area contributed by atoms with E-state index in [-0.39, 0.29) is 0 Å². The summed E-state index contributed by atoms with van der Waals surface area (Å²) >= 11 is 3.50. The Kier molecular flexibility index (Phi) is 5.29. The molecule has 1 rings (SSSR count). The van der Waals surface area contributed by atoms with Crippen LogP contribution in [0.2, 0.25) is 0 Å². The summed E-state index contributed by atoms with van der Waals surface area (Å²) in [6, 6.07) is 4.25. The van der Waals surface area contributed by atoms with Gasteiger partial charge in [0.1, 0.15) is 0 Å². The molecule has 1 aromatic rings. The highest BCUT2D eigenvalue weighted by Crippen LogP contribution is 2.24. The predicted octanol–water partition coefficient (Wildman–Crippen LogP) is 3.90. The van der Waals surface area contributed by atoms with Gasteiger partial charge in [-0.05, 0) is 51.0 Å². The van der Waals surface area contributed by atoms with Crippen molar-refractivity contribution in [1.82, 2.24) is 0 Å². The minimum absolute atomic E-state index is 0.300. The third-order valence-corrected chi connectivity index (χ3v) is 2.81. The quantitative estimate of drug-likeness (QED) is 0.829. The third-order valence-electron chi connectivity index (χ3n) is 2.35. The second-order valence-electron chi connectivity index (χ2n) is 4.26. The summed E-state index contributed by atoms with van der Waals surface area (Å²) in [7, 11) is 0.